The fourth-order valence-electron chi connectivity index (χ4n) is 0.503. The molecule has 0 heteroatoms. The number of allylic oxidation sites excluding steroid dienone is 7. The molecule has 0 aliphatic carbocycles. The molecule has 0 aromatic carbocycles. The van der Waals surface area contributed by atoms with Crippen LogP contribution >= 0.6 is 0 Å². The zero-order valence-electron chi connectivity index (χ0n) is 7.46. The third kappa shape index (κ3) is 5.41. The van der Waals surface area contributed by atoms with Crippen molar-refractivity contribution < 1.29 is 0 Å². The maximum Gasteiger partial charge on any atom is -0.0398 e. The summed E-state index contributed by atoms with van der Waals surface area (Å²) in [5.74, 6) is 0. The van der Waals surface area contributed by atoms with Crippen LogP contribution in [0.1, 0.15) is 20.8 Å². The summed E-state index contributed by atoms with van der Waals surface area (Å²) in [4.78, 5) is 0. The Morgan fingerprint density at radius 2 is 1.82 bits per heavy atom. The van der Waals surface area contributed by atoms with E-state index >= 15 is 0 Å². The molecule has 0 aliphatic rings. The summed E-state index contributed by atoms with van der Waals surface area (Å²) in [6.45, 7) is 11.3. The van der Waals surface area contributed by atoms with Gasteiger partial charge in [0.1, 0.15) is 0 Å². The summed E-state index contributed by atoms with van der Waals surface area (Å²) < 4.78 is 0. The molecule has 59 valence electrons. The van der Waals surface area contributed by atoms with Crippen molar-refractivity contribution >= 4 is 0 Å². The van der Waals surface area contributed by atoms with Gasteiger partial charge in [-0.25, -0.2) is 0 Å². The molecule has 0 N–H and O–H groups in total. The molecule has 1 radical (unpaired) electrons. The highest BCUT2D eigenvalue weighted by molar-refractivity contribution is 5.24. The van der Waals surface area contributed by atoms with Gasteiger partial charge in [-0.05, 0) is 20.8 Å². The third-order valence-electron chi connectivity index (χ3n) is 1.44. The van der Waals surface area contributed by atoms with Gasteiger partial charge < -0.3 is 0 Å². The lowest BCUT2D eigenvalue weighted by Gasteiger charge is -1.86. The maximum atomic E-state index is 5.28. The second kappa shape index (κ2) is 5.72. The number of rotatable bonds is 3. The highest BCUT2D eigenvalue weighted by Gasteiger charge is 1.76. The molecule has 0 saturated carbocycles. The van der Waals surface area contributed by atoms with Crippen molar-refractivity contribution in [2.75, 3.05) is 0 Å². The molecule has 0 bridgehead atoms. The van der Waals surface area contributed by atoms with Crippen molar-refractivity contribution in [1.82, 2.24) is 0 Å². The molecule has 0 aliphatic heterocycles. The Balaban J connectivity index is 4.06. The van der Waals surface area contributed by atoms with E-state index in [2.05, 4.69) is 13.0 Å². The minimum Gasteiger partial charge on any atom is -0.0847 e. The molecular formula is C11H15. The fraction of sp³-hybridized carbons (Fsp3) is 0.273. The zero-order chi connectivity index (χ0) is 8.69. The quantitative estimate of drug-likeness (QED) is 0.536. The third-order valence-corrected chi connectivity index (χ3v) is 1.44. The van der Waals surface area contributed by atoms with E-state index in [1.54, 1.807) is 6.08 Å². The van der Waals surface area contributed by atoms with Gasteiger partial charge in [0, 0.05) is 0 Å². The molecule has 0 aromatic heterocycles. The van der Waals surface area contributed by atoms with Gasteiger partial charge in [-0.3, -0.25) is 0 Å². The smallest absolute Gasteiger partial charge is 0.0398 e. The first kappa shape index (κ1) is 9.96. The highest BCUT2D eigenvalue weighted by atomic mass is 13.8. The van der Waals surface area contributed by atoms with Crippen molar-refractivity contribution in [3.63, 3.8) is 0 Å². The number of hydrogen-bond donors (Lipinski definition) is 0. The molecule has 0 atom stereocenters. The monoisotopic (exact) mass is 147 g/mol. The van der Waals surface area contributed by atoms with Gasteiger partial charge in [-0.1, -0.05) is 48.1 Å². The fourth-order valence-corrected chi connectivity index (χ4v) is 0.503. The lowest BCUT2D eigenvalue weighted by atomic mass is 10.2. The summed E-state index contributed by atoms with van der Waals surface area (Å²) in [6, 6.07) is 0. The second-order valence-electron chi connectivity index (χ2n) is 2.47. The molecule has 0 fully saturated rings. The summed E-state index contributed by atoms with van der Waals surface area (Å²) >= 11 is 0. The highest BCUT2D eigenvalue weighted by Crippen LogP contribution is 1.97. The molecule has 0 heterocycles. The molecule has 0 spiro atoms. The molecular weight excluding hydrogens is 132 g/mol. The minimum absolute atomic E-state index is 1.07. The van der Waals surface area contributed by atoms with Crippen LogP contribution in [0.5, 0.6) is 0 Å². The Morgan fingerprint density at radius 1 is 1.18 bits per heavy atom. The normalized spacial score (nSPS) is 14.1. The SMILES string of the molecule is [CH]=CC(C)=CC=CC(C)=CC. The van der Waals surface area contributed by atoms with E-state index in [1.807, 2.05) is 32.1 Å². The largest absolute Gasteiger partial charge is 0.0847 e. The summed E-state index contributed by atoms with van der Waals surface area (Å²) in [5, 5.41) is 0. The first-order valence-corrected chi connectivity index (χ1v) is 3.73. The van der Waals surface area contributed by atoms with E-state index in [9.17, 15) is 0 Å². The predicted molar refractivity (Wildman–Crippen MR) is 51.2 cm³/mol. The molecule has 0 amide bonds. The van der Waals surface area contributed by atoms with E-state index in [1.165, 1.54) is 5.57 Å². The lowest BCUT2D eigenvalue weighted by Crippen LogP contribution is -1.65. The van der Waals surface area contributed by atoms with Crippen LogP contribution in [0.25, 0.3) is 0 Å². The first-order chi connectivity index (χ1) is 5.20. The topological polar surface area (TPSA) is 0 Å². The van der Waals surface area contributed by atoms with Crippen molar-refractivity contribution in [3.05, 3.63) is 48.1 Å². The van der Waals surface area contributed by atoms with Crippen LogP contribution in [-0.2, 0) is 0 Å². The molecule has 0 rings (SSSR count). The van der Waals surface area contributed by atoms with Gasteiger partial charge in [0.05, 0.1) is 0 Å². The Hall–Kier alpha value is -1.04. The van der Waals surface area contributed by atoms with E-state index in [0.717, 1.165) is 5.57 Å². The van der Waals surface area contributed by atoms with Gasteiger partial charge in [-0.15, -0.1) is 0 Å². The summed E-state index contributed by atoms with van der Waals surface area (Å²) in [5.41, 5.74) is 2.33. The average molecular weight is 147 g/mol. The van der Waals surface area contributed by atoms with Crippen molar-refractivity contribution in [3.8, 4) is 0 Å². The second-order valence-corrected chi connectivity index (χ2v) is 2.47. The first-order valence-electron chi connectivity index (χ1n) is 3.73. The van der Waals surface area contributed by atoms with Crippen LogP contribution in [0.3, 0.4) is 0 Å². The summed E-state index contributed by atoms with van der Waals surface area (Å²) in [6.07, 6.45) is 9.68. The van der Waals surface area contributed by atoms with Crippen LogP contribution in [0.2, 0.25) is 0 Å². The lowest BCUT2D eigenvalue weighted by molar-refractivity contribution is 1.47. The Bertz CT molecular complexity index is 202. The van der Waals surface area contributed by atoms with E-state index in [4.69, 9.17) is 6.58 Å². The zero-order valence-corrected chi connectivity index (χ0v) is 7.46. The Labute approximate surface area is 69.6 Å². The van der Waals surface area contributed by atoms with E-state index in [-0.39, 0.29) is 0 Å². The standard InChI is InChI=1S/C11H15/c1-5-10(3)8-7-9-11(4)6-2/h1,5-9H,2-4H3. The van der Waals surface area contributed by atoms with E-state index < -0.39 is 0 Å². The van der Waals surface area contributed by atoms with Crippen molar-refractivity contribution in [1.29, 1.82) is 0 Å². The average Bonchev–Trinajstić information content (AvgIpc) is 2.04. The molecule has 0 nitrogen and oxygen atoms in total. The van der Waals surface area contributed by atoms with Crippen LogP contribution in [-0.4, -0.2) is 0 Å². The van der Waals surface area contributed by atoms with Gasteiger partial charge in [0.2, 0.25) is 0 Å². The van der Waals surface area contributed by atoms with Crippen LogP contribution in [0.15, 0.2) is 41.5 Å². The minimum atomic E-state index is 1.07. The summed E-state index contributed by atoms with van der Waals surface area (Å²) in [7, 11) is 0. The van der Waals surface area contributed by atoms with Gasteiger partial charge in [0.15, 0.2) is 0 Å². The van der Waals surface area contributed by atoms with Crippen LogP contribution < -0.4 is 0 Å². The van der Waals surface area contributed by atoms with Gasteiger partial charge in [0.25, 0.3) is 0 Å². The predicted octanol–water partition coefficient (Wildman–Crippen LogP) is 3.44. The maximum absolute atomic E-state index is 5.28. The van der Waals surface area contributed by atoms with Crippen molar-refractivity contribution in [2.45, 2.75) is 20.8 Å². The molecule has 0 aromatic rings. The van der Waals surface area contributed by atoms with Gasteiger partial charge >= 0.3 is 0 Å². The Morgan fingerprint density at radius 3 is 2.27 bits per heavy atom. The number of hydrogen-bond acceptors (Lipinski definition) is 0. The Kier molecular flexibility index (Phi) is 5.18. The molecule has 0 saturated heterocycles. The molecule has 0 unspecified atom stereocenters. The van der Waals surface area contributed by atoms with E-state index in [0.29, 0.717) is 0 Å². The van der Waals surface area contributed by atoms with Crippen molar-refractivity contribution in [2.24, 2.45) is 0 Å². The van der Waals surface area contributed by atoms with Crippen LogP contribution in [0.4, 0.5) is 0 Å². The van der Waals surface area contributed by atoms with Crippen LogP contribution in [0, 0.1) is 6.58 Å². The molecule has 11 heavy (non-hydrogen) atoms. The van der Waals surface area contributed by atoms with Gasteiger partial charge in [-0.2, -0.15) is 0 Å².